The molecule has 1 aliphatic rings. The lowest BCUT2D eigenvalue weighted by atomic mass is 9.89. The van der Waals surface area contributed by atoms with Gasteiger partial charge < -0.3 is 4.52 Å². The second-order valence-electron chi connectivity index (χ2n) is 6.23. The van der Waals surface area contributed by atoms with Crippen molar-refractivity contribution in [2.75, 3.05) is 0 Å². The van der Waals surface area contributed by atoms with Crippen LogP contribution in [0.2, 0.25) is 0 Å². The van der Waals surface area contributed by atoms with Crippen LogP contribution < -0.4 is 4.89 Å². The molecule has 1 saturated carbocycles. The van der Waals surface area contributed by atoms with Crippen LogP contribution in [-0.2, 0) is 9.68 Å². The van der Waals surface area contributed by atoms with Gasteiger partial charge >= 0.3 is 5.97 Å². The molecule has 7 heteroatoms. The number of aryl methyl sites for hydroxylation is 2. The van der Waals surface area contributed by atoms with Gasteiger partial charge in [0.15, 0.2) is 17.8 Å². The molecule has 0 bridgehead atoms. The van der Waals surface area contributed by atoms with E-state index in [0.29, 0.717) is 40.4 Å². The number of aromatic nitrogens is 2. The Morgan fingerprint density at radius 2 is 1.96 bits per heavy atom. The summed E-state index contributed by atoms with van der Waals surface area (Å²) in [6.07, 6.45) is 5.64. The largest absolute Gasteiger partial charge is 0.358 e. The summed E-state index contributed by atoms with van der Waals surface area (Å²) >= 11 is 0. The second-order valence-corrected chi connectivity index (χ2v) is 6.23. The molecule has 2 aromatic heterocycles. The molecule has 0 aliphatic heterocycles. The summed E-state index contributed by atoms with van der Waals surface area (Å²) in [6.45, 7) is 3.41. The van der Waals surface area contributed by atoms with Crippen molar-refractivity contribution in [3.8, 4) is 17.2 Å². The van der Waals surface area contributed by atoms with Crippen LogP contribution in [0.1, 0.15) is 53.8 Å². The highest BCUT2D eigenvalue weighted by Gasteiger charge is 2.24. The summed E-state index contributed by atoms with van der Waals surface area (Å²) in [4.78, 5) is 37.7. The zero-order valence-electron chi connectivity index (χ0n) is 14.3. The van der Waals surface area contributed by atoms with E-state index in [2.05, 4.69) is 10.1 Å². The number of hydrogen-bond acceptors (Lipinski definition) is 7. The molecule has 2 heterocycles. The van der Waals surface area contributed by atoms with Crippen LogP contribution >= 0.6 is 0 Å². The van der Waals surface area contributed by atoms with Crippen molar-refractivity contribution in [3.63, 3.8) is 0 Å². The predicted octanol–water partition coefficient (Wildman–Crippen LogP) is 3.58. The Hall–Kier alpha value is -2.70. The Morgan fingerprint density at radius 1 is 1.20 bits per heavy atom. The summed E-state index contributed by atoms with van der Waals surface area (Å²) < 4.78 is 5.17. The smallest absolute Gasteiger partial charge is 0.354 e. The average molecular weight is 344 g/mol. The Labute approximate surface area is 145 Å². The molecule has 0 radical (unpaired) electrons. The molecule has 0 aromatic carbocycles. The SMILES string of the molecule is Cc1nc(-c2onc(C)c2C=O)ccc1OOC(=O)C1CCCCC1. The van der Waals surface area contributed by atoms with Crippen LogP contribution in [0.3, 0.4) is 0 Å². The Balaban J connectivity index is 1.69. The van der Waals surface area contributed by atoms with Crippen LogP contribution in [0, 0.1) is 19.8 Å². The first-order valence-corrected chi connectivity index (χ1v) is 8.38. The Morgan fingerprint density at radius 3 is 2.64 bits per heavy atom. The fraction of sp³-hybridized carbons (Fsp3) is 0.444. The van der Waals surface area contributed by atoms with E-state index in [4.69, 9.17) is 14.3 Å². The third-order valence-corrected chi connectivity index (χ3v) is 4.45. The monoisotopic (exact) mass is 344 g/mol. The first kappa shape index (κ1) is 17.1. The van der Waals surface area contributed by atoms with Crippen molar-refractivity contribution >= 4 is 12.3 Å². The lowest BCUT2D eigenvalue weighted by Crippen LogP contribution is -2.21. The van der Waals surface area contributed by atoms with Gasteiger partial charge in [-0.05, 0) is 38.8 Å². The van der Waals surface area contributed by atoms with Crippen LogP contribution in [0.15, 0.2) is 16.7 Å². The molecule has 0 N–H and O–H groups in total. The molecule has 25 heavy (non-hydrogen) atoms. The van der Waals surface area contributed by atoms with Gasteiger partial charge in [0.2, 0.25) is 0 Å². The highest BCUT2D eigenvalue weighted by Crippen LogP contribution is 2.28. The summed E-state index contributed by atoms with van der Waals surface area (Å²) in [7, 11) is 0. The molecule has 1 aliphatic carbocycles. The minimum Gasteiger partial charge on any atom is -0.354 e. The van der Waals surface area contributed by atoms with Crippen molar-refractivity contribution in [3.05, 3.63) is 29.1 Å². The normalized spacial score (nSPS) is 15.0. The van der Waals surface area contributed by atoms with Gasteiger partial charge in [0.05, 0.1) is 22.9 Å². The number of hydrogen-bond donors (Lipinski definition) is 0. The predicted molar refractivity (Wildman–Crippen MR) is 87.9 cm³/mol. The zero-order chi connectivity index (χ0) is 17.8. The van der Waals surface area contributed by atoms with Gasteiger partial charge in [-0.3, -0.25) is 14.6 Å². The summed E-state index contributed by atoms with van der Waals surface area (Å²) in [6, 6.07) is 3.25. The second kappa shape index (κ2) is 7.46. The van der Waals surface area contributed by atoms with E-state index in [9.17, 15) is 9.59 Å². The van der Waals surface area contributed by atoms with Crippen LogP contribution in [0.25, 0.3) is 11.5 Å². The maximum atomic E-state index is 12.0. The molecular formula is C18H20N2O5. The molecule has 2 aromatic rings. The highest BCUT2D eigenvalue weighted by molar-refractivity contribution is 5.85. The standard InChI is InChI=1S/C18H20N2O5/c1-11-14(10-21)17(23-20-11)15-8-9-16(12(2)19-15)24-25-18(22)13-6-4-3-5-7-13/h8-10,13H,3-7H2,1-2H3. The molecule has 0 unspecified atom stereocenters. The van der Waals surface area contributed by atoms with Crippen molar-refractivity contribution in [2.45, 2.75) is 46.0 Å². The molecule has 3 rings (SSSR count). The Bertz CT molecular complexity index is 778. The number of carbonyl (C=O) groups is 2. The summed E-state index contributed by atoms with van der Waals surface area (Å²) in [5, 5.41) is 3.78. The van der Waals surface area contributed by atoms with Gasteiger partial charge in [-0.1, -0.05) is 24.4 Å². The number of nitrogens with zero attached hydrogens (tertiary/aromatic N) is 2. The van der Waals surface area contributed by atoms with Crippen molar-refractivity contribution in [1.82, 2.24) is 10.1 Å². The van der Waals surface area contributed by atoms with E-state index >= 15 is 0 Å². The van der Waals surface area contributed by atoms with E-state index < -0.39 is 0 Å². The van der Waals surface area contributed by atoms with E-state index in [1.54, 1.807) is 26.0 Å². The topological polar surface area (TPSA) is 91.5 Å². The van der Waals surface area contributed by atoms with E-state index in [1.165, 1.54) is 6.42 Å². The van der Waals surface area contributed by atoms with E-state index in [1.807, 2.05) is 0 Å². The summed E-state index contributed by atoms with van der Waals surface area (Å²) in [5.74, 6) is 0.226. The fourth-order valence-electron chi connectivity index (χ4n) is 2.96. The van der Waals surface area contributed by atoms with Gasteiger partial charge in [0, 0.05) is 0 Å². The van der Waals surface area contributed by atoms with Crippen molar-refractivity contribution in [1.29, 1.82) is 0 Å². The van der Waals surface area contributed by atoms with Gasteiger partial charge in [-0.25, -0.2) is 9.78 Å². The highest BCUT2D eigenvalue weighted by atomic mass is 17.2. The number of aldehydes is 1. The maximum absolute atomic E-state index is 12.0. The molecule has 0 atom stereocenters. The van der Waals surface area contributed by atoms with Gasteiger partial charge in [0.1, 0.15) is 5.69 Å². The molecule has 0 saturated heterocycles. The third-order valence-electron chi connectivity index (χ3n) is 4.45. The molecule has 0 amide bonds. The molecule has 7 nitrogen and oxygen atoms in total. The van der Waals surface area contributed by atoms with Crippen molar-refractivity contribution < 1.29 is 23.9 Å². The molecular weight excluding hydrogens is 324 g/mol. The zero-order valence-corrected chi connectivity index (χ0v) is 14.3. The lowest BCUT2D eigenvalue weighted by Gasteiger charge is -2.19. The van der Waals surface area contributed by atoms with Crippen LogP contribution in [0.4, 0.5) is 0 Å². The molecule has 1 fully saturated rings. The van der Waals surface area contributed by atoms with Crippen LogP contribution in [0.5, 0.6) is 5.75 Å². The van der Waals surface area contributed by atoms with E-state index in [0.717, 1.165) is 25.7 Å². The van der Waals surface area contributed by atoms with E-state index in [-0.39, 0.29) is 11.9 Å². The quantitative estimate of drug-likeness (QED) is 0.465. The first-order chi connectivity index (χ1) is 12.1. The number of rotatable bonds is 5. The van der Waals surface area contributed by atoms with Crippen molar-refractivity contribution in [2.24, 2.45) is 5.92 Å². The maximum Gasteiger partial charge on any atom is 0.358 e. The Kier molecular flexibility index (Phi) is 5.11. The average Bonchev–Trinajstić information content (AvgIpc) is 3.01. The van der Waals surface area contributed by atoms with Gasteiger partial charge in [-0.15, -0.1) is 0 Å². The number of pyridine rings is 1. The van der Waals surface area contributed by atoms with Gasteiger partial charge in [-0.2, -0.15) is 0 Å². The number of carbonyl (C=O) groups excluding carboxylic acids is 2. The minimum atomic E-state index is -0.336. The molecule has 132 valence electrons. The van der Waals surface area contributed by atoms with Crippen LogP contribution in [-0.4, -0.2) is 22.4 Å². The third kappa shape index (κ3) is 3.70. The lowest BCUT2D eigenvalue weighted by molar-refractivity contribution is -0.220. The fourth-order valence-corrected chi connectivity index (χ4v) is 2.96. The molecule has 0 spiro atoms. The first-order valence-electron chi connectivity index (χ1n) is 8.38. The summed E-state index contributed by atoms with van der Waals surface area (Å²) in [5.41, 5.74) is 1.85. The van der Waals surface area contributed by atoms with Gasteiger partial charge in [0.25, 0.3) is 0 Å². The minimum absolute atomic E-state index is 0.0893.